The molecule has 3 nitrogen and oxygen atoms in total. The van der Waals surface area contributed by atoms with E-state index in [0.717, 1.165) is 38.6 Å². The van der Waals surface area contributed by atoms with Crippen LogP contribution in [0.15, 0.2) is 12.3 Å². The normalized spacial score (nSPS) is 24.1. The molecule has 1 aliphatic rings. The van der Waals surface area contributed by atoms with Crippen LogP contribution in [0, 0.1) is 0 Å². The highest BCUT2D eigenvalue weighted by Crippen LogP contribution is 2.19. The van der Waals surface area contributed by atoms with Gasteiger partial charge in [0.2, 0.25) is 0 Å². The van der Waals surface area contributed by atoms with Crippen molar-refractivity contribution in [2.24, 2.45) is 5.73 Å². The lowest BCUT2D eigenvalue weighted by molar-refractivity contribution is 0.310. The third-order valence-electron chi connectivity index (χ3n) is 2.23. The summed E-state index contributed by atoms with van der Waals surface area (Å²) in [5, 5.41) is 11.7. The minimum absolute atomic E-state index is 0.0789. The third-order valence-corrected chi connectivity index (χ3v) is 2.23. The Bertz CT molecular complexity index is 139. The molecular weight excluding hydrogens is 140 g/mol. The van der Waals surface area contributed by atoms with Gasteiger partial charge in [0.15, 0.2) is 0 Å². The van der Waals surface area contributed by atoms with Crippen LogP contribution in [-0.4, -0.2) is 23.7 Å². The van der Waals surface area contributed by atoms with Gasteiger partial charge in [0.25, 0.3) is 0 Å². The Morgan fingerprint density at radius 3 is 2.64 bits per heavy atom. The molecular formula is C8H16N2O. The summed E-state index contributed by atoms with van der Waals surface area (Å²) in [6.45, 7) is 1.99. The molecule has 0 radical (unpaired) electrons. The quantitative estimate of drug-likeness (QED) is 0.511. The lowest BCUT2D eigenvalue weighted by Gasteiger charge is -2.32. The number of aliphatic hydroxyl groups is 1. The van der Waals surface area contributed by atoms with Gasteiger partial charge in [0.05, 0.1) is 6.26 Å². The zero-order chi connectivity index (χ0) is 8.16. The van der Waals surface area contributed by atoms with Crippen LogP contribution < -0.4 is 11.1 Å². The van der Waals surface area contributed by atoms with Gasteiger partial charge in [-0.3, -0.25) is 0 Å². The molecule has 3 heteroatoms. The summed E-state index contributed by atoms with van der Waals surface area (Å²) < 4.78 is 0. The molecule has 0 saturated carbocycles. The number of nitrogens with two attached hydrogens (primary N) is 1. The molecule has 4 N–H and O–H groups in total. The van der Waals surface area contributed by atoms with Crippen LogP contribution in [0.2, 0.25) is 0 Å². The van der Waals surface area contributed by atoms with Crippen LogP contribution in [0.5, 0.6) is 0 Å². The Hall–Kier alpha value is -0.540. The van der Waals surface area contributed by atoms with E-state index in [4.69, 9.17) is 10.8 Å². The van der Waals surface area contributed by atoms with Crippen molar-refractivity contribution in [3.05, 3.63) is 12.3 Å². The van der Waals surface area contributed by atoms with Crippen LogP contribution in [0.3, 0.4) is 0 Å². The van der Waals surface area contributed by atoms with Gasteiger partial charge in [-0.15, -0.1) is 0 Å². The highest BCUT2D eigenvalue weighted by Gasteiger charge is 2.25. The first-order chi connectivity index (χ1) is 5.27. The molecule has 0 aromatic carbocycles. The molecule has 0 unspecified atom stereocenters. The van der Waals surface area contributed by atoms with Crippen molar-refractivity contribution in [2.75, 3.05) is 13.1 Å². The molecule has 0 aromatic rings. The highest BCUT2D eigenvalue weighted by atomic mass is 16.2. The predicted octanol–water partition coefficient (Wildman–Crippen LogP) is 0.529. The largest absolute Gasteiger partial charge is 0.516 e. The minimum Gasteiger partial charge on any atom is -0.516 e. The fraction of sp³-hybridized carbons (Fsp3) is 0.750. The molecule has 0 aromatic heterocycles. The molecule has 64 valence electrons. The van der Waals surface area contributed by atoms with Crippen molar-refractivity contribution in [1.29, 1.82) is 0 Å². The van der Waals surface area contributed by atoms with E-state index in [0.29, 0.717) is 0 Å². The molecule has 0 bridgehead atoms. The molecule has 1 heterocycles. The van der Waals surface area contributed by atoms with Crippen molar-refractivity contribution >= 4 is 0 Å². The molecule has 0 atom stereocenters. The van der Waals surface area contributed by atoms with E-state index in [1.54, 1.807) is 6.08 Å². The summed E-state index contributed by atoms with van der Waals surface area (Å²) in [7, 11) is 0. The molecule has 0 spiro atoms. The van der Waals surface area contributed by atoms with Crippen LogP contribution >= 0.6 is 0 Å². The maximum absolute atomic E-state index is 8.46. The molecule has 0 aliphatic carbocycles. The van der Waals surface area contributed by atoms with E-state index < -0.39 is 0 Å². The number of rotatable bonds is 2. The van der Waals surface area contributed by atoms with E-state index in [1.165, 1.54) is 0 Å². The molecule has 1 saturated heterocycles. The summed E-state index contributed by atoms with van der Waals surface area (Å²) >= 11 is 0. The van der Waals surface area contributed by atoms with Gasteiger partial charge in [-0.25, -0.2) is 0 Å². The van der Waals surface area contributed by atoms with E-state index >= 15 is 0 Å². The van der Waals surface area contributed by atoms with Gasteiger partial charge >= 0.3 is 0 Å². The maximum Gasteiger partial charge on any atom is 0.0752 e. The second-order valence-electron chi connectivity index (χ2n) is 3.20. The van der Waals surface area contributed by atoms with E-state index in [-0.39, 0.29) is 5.54 Å². The molecule has 1 aliphatic heterocycles. The lowest BCUT2D eigenvalue weighted by Crippen LogP contribution is -2.48. The first kappa shape index (κ1) is 8.56. The zero-order valence-corrected chi connectivity index (χ0v) is 6.71. The van der Waals surface area contributed by atoms with Crippen molar-refractivity contribution < 1.29 is 5.11 Å². The van der Waals surface area contributed by atoms with Crippen LogP contribution in [-0.2, 0) is 0 Å². The molecule has 11 heavy (non-hydrogen) atoms. The fourth-order valence-corrected chi connectivity index (χ4v) is 1.42. The second kappa shape index (κ2) is 3.74. The van der Waals surface area contributed by atoms with Crippen LogP contribution in [0.4, 0.5) is 0 Å². The Kier molecular flexibility index (Phi) is 2.91. The Balaban J connectivity index is 2.37. The van der Waals surface area contributed by atoms with Gasteiger partial charge in [0, 0.05) is 5.54 Å². The number of piperidine rings is 1. The summed E-state index contributed by atoms with van der Waals surface area (Å²) in [5.74, 6) is 0. The summed E-state index contributed by atoms with van der Waals surface area (Å²) in [4.78, 5) is 0. The summed E-state index contributed by atoms with van der Waals surface area (Å²) in [5.41, 5.74) is 5.96. The minimum atomic E-state index is -0.0789. The van der Waals surface area contributed by atoms with Gasteiger partial charge in [-0.1, -0.05) is 0 Å². The van der Waals surface area contributed by atoms with Crippen LogP contribution in [0.25, 0.3) is 0 Å². The summed E-state index contributed by atoms with van der Waals surface area (Å²) in [6, 6.07) is 0. The lowest BCUT2D eigenvalue weighted by atomic mass is 9.86. The zero-order valence-electron chi connectivity index (χ0n) is 6.71. The number of hydrogen-bond donors (Lipinski definition) is 3. The molecule has 1 fully saturated rings. The van der Waals surface area contributed by atoms with E-state index in [2.05, 4.69) is 5.32 Å². The van der Waals surface area contributed by atoms with Gasteiger partial charge in [-0.2, -0.15) is 0 Å². The van der Waals surface area contributed by atoms with Crippen molar-refractivity contribution in [2.45, 2.75) is 24.8 Å². The topological polar surface area (TPSA) is 58.3 Å². The SMILES string of the molecule is NC1(CC=CO)CCNCC1. The first-order valence-electron chi connectivity index (χ1n) is 4.06. The van der Waals surface area contributed by atoms with Crippen molar-refractivity contribution in [1.82, 2.24) is 5.32 Å². The maximum atomic E-state index is 8.46. The Morgan fingerprint density at radius 2 is 2.09 bits per heavy atom. The van der Waals surface area contributed by atoms with Gasteiger partial charge in [0.1, 0.15) is 0 Å². The number of hydrogen-bond acceptors (Lipinski definition) is 3. The monoisotopic (exact) mass is 156 g/mol. The van der Waals surface area contributed by atoms with Crippen molar-refractivity contribution in [3.8, 4) is 0 Å². The second-order valence-corrected chi connectivity index (χ2v) is 3.20. The summed E-state index contributed by atoms with van der Waals surface area (Å²) in [6.07, 6.45) is 5.59. The number of aliphatic hydroxyl groups excluding tert-OH is 1. The fourth-order valence-electron chi connectivity index (χ4n) is 1.42. The van der Waals surface area contributed by atoms with Crippen LogP contribution in [0.1, 0.15) is 19.3 Å². The van der Waals surface area contributed by atoms with E-state index in [1.807, 2.05) is 0 Å². The predicted molar refractivity (Wildman–Crippen MR) is 45.4 cm³/mol. The third kappa shape index (κ3) is 2.52. The number of nitrogens with one attached hydrogen (secondary N) is 1. The van der Waals surface area contributed by atoms with E-state index in [9.17, 15) is 0 Å². The Labute approximate surface area is 67.3 Å². The first-order valence-corrected chi connectivity index (χ1v) is 4.06. The van der Waals surface area contributed by atoms with Crippen molar-refractivity contribution in [3.63, 3.8) is 0 Å². The van der Waals surface area contributed by atoms with Gasteiger partial charge in [-0.05, 0) is 38.4 Å². The average Bonchev–Trinajstić information content (AvgIpc) is 2.03. The molecule has 1 rings (SSSR count). The standard InChI is InChI=1S/C8H16N2O/c9-8(2-1-7-11)3-5-10-6-4-8/h1,7,10-11H,2-6,9H2. The Morgan fingerprint density at radius 1 is 1.45 bits per heavy atom. The highest BCUT2D eigenvalue weighted by molar-refractivity contribution is 4.95. The smallest absolute Gasteiger partial charge is 0.0752 e. The average molecular weight is 156 g/mol. The molecule has 0 amide bonds. The van der Waals surface area contributed by atoms with Gasteiger partial charge < -0.3 is 16.2 Å².